The summed E-state index contributed by atoms with van der Waals surface area (Å²) in [5.41, 5.74) is 2.32. The van der Waals surface area contributed by atoms with Crippen LogP contribution in [-0.2, 0) is 22.6 Å². The zero-order valence-corrected chi connectivity index (χ0v) is 19.2. The third-order valence-electron chi connectivity index (χ3n) is 4.85. The second-order valence-corrected chi connectivity index (χ2v) is 7.64. The van der Waals surface area contributed by atoms with Crippen LogP contribution < -0.4 is 14.8 Å². The maximum absolute atomic E-state index is 12.6. The molecule has 1 N–H and O–H groups in total. The van der Waals surface area contributed by atoms with E-state index in [1.54, 1.807) is 31.4 Å². The van der Waals surface area contributed by atoms with Gasteiger partial charge < -0.3 is 19.5 Å². The number of rotatable bonds is 11. The molecule has 0 heterocycles. The first-order valence-corrected chi connectivity index (χ1v) is 10.9. The van der Waals surface area contributed by atoms with Crippen molar-refractivity contribution in [2.75, 3.05) is 13.7 Å². The number of alkyl halides is 2. The van der Waals surface area contributed by atoms with E-state index in [9.17, 15) is 13.6 Å². The molecule has 3 aromatic rings. The van der Waals surface area contributed by atoms with E-state index in [-0.39, 0.29) is 12.1 Å². The van der Waals surface area contributed by atoms with Gasteiger partial charge in [0.05, 0.1) is 12.7 Å². The van der Waals surface area contributed by atoms with Gasteiger partial charge in [0, 0.05) is 11.6 Å². The van der Waals surface area contributed by atoms with Crippen molar-refractivity contribution in [3.63, 3.8) is 0 Å². The Kier molecular flexibility index (Phi) is 9.29. The first-order valence-electron chi connectivity index (χ1n) is 10.5. The van der Waals surface area contributed by atoms with E-state index < -0.39 is 12.5 Å². The Balaban J connectivity index is 1.60. The summed E-state index contributed by atoms with van der Waals surface area (Å²) in [4.78, 5) is 12.6. The Morgan fingerprint density at radius 1 is 1.00 bits per heavy atom. The Hall–Kier alpha value is -3.58. The molecule has 178 valence electrons. The minimum absolute atomic E-state index is 0.0285. The highest BCUT2D eigenvalue weighted by Gasteiger charge is 2.14. The zero-order chi connectivity index (χ0) is 24.3. The van der Waals surface area contributed by atoms with Crippen molar-refractivity contribution in [1.82, 2.24) is 5.32 Å². The van der Waals surface area contributed by atoms with Crippen LogP contribution >= 0.6 is 11.6 Å². The van der Waals surface area contributed by atoms with E-state index >= 15 is 0 Å². The van der Waals surface area contributed by atoms with Crippen LogP contribution in [0.5, 0.6) is 11.5 Å². The predicted octanol–water partition coefficient (Wildman–Crippen LogP) is 5.87. The fourth-order valence-corrected chi connectivity index (χ4v) is 3.27. The first kappa shape index (κ1) is 25.1. The van der Waals surface area contributed by atoms with Crippen LogP contribution in [0.15, 0.2) is 79.1 Å². The molecule has 3 rings (SSSR count). The molecule has 34 heavy (non-hydrogen) atoms. The molecule has 0 aliphatic rings. The van der Waals surface area contributed by atoms with Gasteiger partial charge in [-0.25, -0.2) is 0 Å². The molecule has 0 aliphatic heterocycles. The SMILES string of the molecule is COc1cc(CCNC(=O)C(=COC(F)F)c2ccc(Cl)cc2)ccc1OCc1ccccc1. The Morgan fingerprint density at radius 2 is 1.74 bits per heavy atom. The molecule has 8 heteroatoms. The maximum atomic E-state index is 12.6. The number of carbonyl (C=O) groups excluding carboxylic acids is 1. The van der Waals surface area contributed by atoms with Crippen molar-refractivity contribution in [2.45, 2.75) is 19.6 Å². The molecular weight excluding hydrogens is 464 g/mol. The second-order valence-electron chi connectivity index (χ2n) is 7.20. The quantitative estimate of drug-likeness (QED) is 0.271. The Labute approximate surface area is 201 Å². The predicted molar refractivity (Wildman–Crippen MR) is 127 cm³/mol. The highest BCUT2D eigenvalue weighted by Crippen LogP contribution is 2.29. The lowest BCUT2D eigenvalue weighted by atomic mass is 10.1. The molecule has 0 aliphatic carbocycles. The normalized spacial score (nSPS) is 11.3. The molecule has 0 radical (unpaired) electrons. The minimum atomic E-state index is -3.04. The van der Waals surface area contributed by atoms with Gasteiger partial charge in [-0.1, -0.05) is 60.1 Å². The maximum Gasteiger partial charge on any atom is 0.386 e. The van der Waals surface area contributed by atoms with E-state index in [4.69, 9.17) is 21.1 Å². The summed E-state index contributed by atoms with van der Waals surface area (Å²) in [6, 6.07) is 21.6. The van der Waals surface area contributed by atoms with Gasteiger partial charge in [0.2, 0.25) is 0 Å². The third-order valence-corrected chi connectivity index (χ3v) is 5.11. The van der Waals surface area contributed by atoms with Crippen LogP contribution in [0.2, 0.25) is 5.02 Å². The van der Waals surface area contributed by atoms with Crippen LogP contribution in [0, 0.1) is 0 Å². The number of benzene rings is 3. The lowest BCUT2D eigenvalue weighted by molar-refractivity contribution is -0.116. The molecular formula is C26H24ClF2NO4. The average Bonchev–Trinajstić information content (AvgIpc) is 2.84. The van der Waals surface area contributed by atoms with Crippen LogP contribution in [0.1, 0.15) is 16.7 Å². The number of ether oxygens (including phenoxy) is 3. The van der Waals surface area contributed by atoms with E-state index in [1.165, 1.54) is 0 Å². The lowest BCUT2D eigenvalue weighted by Gasteiger charge is -2.13. The number of hydrogen-bond donors (Lipinski definition) is 1. The second kappa shape index (κ2) is 12.6. The molecule has 5 nitrogen and oxygen atoms in total. The largest absolute Gasteiger partial charge is 0.493 e. The van der Waals surface area contributed by atoms with Crippen LogP contribution in [-0.4, -0.2) is 26.2 Å². The monoisotopic (exact) mass is 487 g/mol. The summed E-state index contributed by atoms with van der Waals surface area (Å²) < 4.78 is 40.6. The molecule has 0 unspecified atom stereocenters. The molecule has 0 aromatic heterocycles. The number of nitrogens with one attached hydrogen (secondary N) is 1. The molecule has 0 fully saturated rings. The van der Waals surface area contributed by atoms with E-state index in [1.807, 2.05) is 48.5 Å². The molecule has 0 spiro atoms. The fourth-order valence-electron chi connectivity index (χ4n) is 3.14. The summed E-state index contributed by atoms with van der Waals surface area (Å²) in [5, 5.41) is 3.19. The zero-order valence-electron chi connectivity index (χ0n) is 18.5. The van der Waals surface area contributed by atoms with Gasteiger partial charge in [-0.15, -0.1) is 0 Å². The first-order chi connectivity index (χ1) is 16.5. The van der Waals surface area contributed by atoms with Gasteiger partial charge in [0.15, 0.2) is 11.5 Å². The third kappa shape index (κ3) is 7.49. The highest BCUT2D eigenvalue weighted by molar-refractivity contribution is 6.30. The summed E-state index contributed by atoms with van der Waals surface area (Å²) in [6.07, 6.45) is 1.25. The fraction of sp³-hybridized carbons (Fsp3) is 0.192. The molecule has 0 bridgehead atoms. The van der Waals surface area contributed by atoms with E-state index in [0.717, 1.165) is 17.4 Å². The van der Waals surface area contributed by atoms with E-state index in [2.05, 4.69) is 10.1 Å². The molecule has 0 saturated heterocycles. The molecule has 0 atom stereocenters. The van der Waals surface area contributed by atoms with Crippen molar-refractivity contribution >= 4 is 23.1 Å². The Morgan fingerprint density at radius 3 is 2.41 bits per heavy atom. The van der Waals surface area contributed by atoms with Crippen molar-refractivity contribution in [1.29, 1.82) is 0 Å². The van der Waals surface area contributed by atoms with Crippen molar-refractivity contribution in [3.05, 3.63) is 101 Å². The highest BCUT2D eigenvalue weighted by atomic mass is 35.5. The smallest absolute Gasteiger partial charge is 0.386 e. The van der Waals surface area contributed by atoms with Crippen molar-refractivity contribution < 1.29 is 27.8 Å². The number of amides is 1. The summed E-state index contributed by atoms with van der Waals surface area (Å²) in [5.74, 6) is 0.640. The van der Waals surface area contributed by atoms with Gasteiger partial charge >= 0.3 is 6.61 Å². The van der Waals surface area contributed by atoms with Crippen LogP contribution in [0.4, 0.5) is 8.78 Å². The topological polar surface area (TPSA) is 56.8 Å². The minimum Gasteiger partial charge on any atom is -0.493 e. The molecule has 1 amide bonds. The standard InChI is InChI=1S/C26H24ClF2NO4/c1-32-24-15-18(7-12-23(24)33-16-19-5-3-2-4-6-19)13-14-30-25(31)22(17-34-26(28)29)20-8-10-21(27)11-9-20/h2-12,15,17,26H,13-14,16H2,1H3,(H,30,31). The summed E-state index contributed by atoms with van der Waals surface area (Å²) in [6.45, 7) is -2.36. The molecule has 0 saturated carbocycles. The number of methoxy groups -OCH3 is 1. The van der Waals surface area contributed by atoms with Gasteiger partial charge in [-0.3, -0.25) is 4.79 Å². The summed E-state index contributed by atoms with van der Waals surface area (Å²) >= 11 is 5.87. The summed E-state index contributed by atoms with van der Waals surface area (Å²) in [7, 11) is 1.56. The Bertz CT molecular complexity index is 1110. The lowest BCUT2D eigenvalue weighted by Crippen LogP contribution is -2.26. The number of carbonyl (C=O) groups is 1. The van der Waals surface area contributed by atoms with Crippen LogP contribution in [0.25, 0.3) is 5.57 Å². The van der Waals surface area contributed by atoms with Gasteiger partial charge in [0.1, 0.15) is 12.9 Å². The van der Waals surface area contributed by atoms with Crippen molar-refractivity contribution in [3.8, 4) is 11.5 Å². The average molecular weight is 488 g/mol. The molecule has 3 aromatic carbocycles. The van der Waals surface area contributed by atoms with Crippen molar-refractivity contribution in [2.24, 2.45) is 0 Å². The number of hydrogen-bond acceptors (Lipinski definition) is 4. The van der Waals surface area contributed by atoms with Gasteiger partial charge in [-0.05, 0) is 47.4 Å². The van der Waals surface area contributed by atoms with Gasteiger partial charge in [0.25, 0.3) is 5.91 Å². The number of halogens is 3. The van der Waals surface area contributed by atoms with Gasteiger partial charge in [-0.2, -0.15) is 8.78 Å². The van der Waals surface area contributed by atoms with Crippen LogP contribution in [0.3, 0.4) is 0 Å². The van der Waals surface area contributed by atoms with E-state index in [0.29, 0.717) is 35.1 Å².